The molecule has 2 rings (SSSR count). The lowest BCUT2D eigenvalue weighted by molar-refractivity contribution is -0.142. The van der Waals surface area contributed by atoms with Gasteiger partial charge < -0.3 is 15.0 Å². The molecule has 1 fully saturated rings. The molecule has 0 spiro atoms. The van der Waals surface area contributed by atoms with Crippen LogP contribution in [0.4, 0.5) is 5.69 Å². The summed E-state index contributed by atoms with van der Waals surface area (Å²) in [4.78, 5) is 25.9. The number of anilines is 1. The largest absolute Gasteiger partial charge is 0.377 e. The van der Waals surface area contributed by atoms with Gasteiger partial charge in [-0.05, 0) is 29.2 Å². The molecule has 1 saturated heterocycles. The van der Waals surface area contributed by atoms with Gasteiger partial charge in [-0.15, -0.1) is 0 Å². The summed E-state index contributed by atoms with van der Waals surface area (Å²) in [6.07, 6.45) is 1.23. The summed E-state index contributed by atoms with van der Waals surface area (Å²) in [5.41, 5.74) is 1.85. The van der Waals surface area contributed by atoms with Crippen LogP contribution < -0.4 is 5.32 Å². The molecule has 0 radical (unpaired) electrons. The van der Waals surface area contributed by atoms with Crippen LogP contribution in [0.15, 0.2) is 36.9 Å². The van der Waals surface area contributed by atoms with Crippen LogP contribution in [-0.2, 0) is 19.7 Å². The Morgan fingerprint density at radius 3 is 2.78 bits per heavy atom. The molecule has 1 atom stereocenters. The molecule has 1 N–H and O–H groups in total. The van der Waals surface area contributed by atoms with Gasteiger partial charge in [0.25, 0.3) is 0 Å². The summed E-state index contributed by atoms with van der Waals surface area (Å²) in [6, 6.07) is 7.12. The fourth-order valence-electron chi connectivity index (χ4n) is 2.49. The molecular formula is C18H24N2O3. The topological polar surface area (TPSA) is 58.6 Å². The minimum atomic E-state index is -0.632. The lowest BCUT2D eigenvalue weighted by Crippen LogP contribution is -2.53. The molecule has 0 aromatic heterocycles. The fraction of sp³-hybridized carbons (Fsp3) is 0.444. The van der Waals surface area contributed by atoms with Crippen molar-refractivity contribution < 1.29 is 14.3 Å². The molecule has 5 heteroatoms. The zero-order valence-corrected chi connectivity index (χ0v) is 14.0. The Kier molecular flexibility index (Phi) is 5.21. The van der Waals surface area contributed by atoms with Gasteiger partial charge in [-0.1, -0.05) is 39.5 Å². The van der Waals surface area contributed by atoms with Crippen molar-refractivity contribution in [1.82, 2.24) is 4.90 Å². The van der Waals surface area contributed by atoms with Gasteiger partial charge >= 0.3 is 0 Å². The van der Waals surface area contributed by atoms with Gasteiger partial charge in [0.2, 0.25) is 11.8 Å². The average molecular weight is 316 g/mol. The van der Waals surface area contributed by atoms with Crippen molar-refractivity contribution >= 4 is 17.5 Å². The van der Waals surface area contributed by atoms with Crippen LogP contribution in [0.1, 0.15) is 26.3 Å². The zero-order chi connectivity index (χ0) is 17.0. The number of hydrogen-bond acceptors (Lipinski definition) is 3. The highest BCUT2D eigenvalue weighted by atomic mass is 16.5. The number of carbonyl (C=O) groups is 2. The summed E-state index contributed by atoms with van der Waals surface area (Å²) in [7, 11) is 0. The highest BCUT2D eigenvalue weighted by Gasteiger charge is 2.31. The zero-order valence-electron chi connectivity index (χ0n) is 14.0. The van der Waals surface area contributed by atoms with Crippen LogP contribution in [0.25, 0.3) is 0 Å². The van der Waals surface area contributed by atoms with E-state index in [9.17, 15) is 9.59 Å². The van der Waals surface area contributed by atoms with Crippen molar-refractivity contribution in [3.8, 4) is 0 Å². The van der Waals surface area contributed by atoms with Gasteiger partial charge in [0.15, 0.2) is 0 Å². The predicted molar refractivity (Wildman–Crippen MR) is 90.3 cm³/mol. The third kappa shape index (κ3) is 4.20. The molecule has 1 heterocycles. The molecule has 1 aliphatic rings. The van der Waals surface area contributed by atoms with Crippen LogP contribution in [0.5, 0.6) is 0 Å². The van der Waals surface area contributed by atoms with E-state index in [0.29, 0.717) is 13.2 Å². The van der Waals surface area contributed by atoms with E-state index in [1.165, 1.54) is 11.0 Å². The van der Waals surface area contributed by atoms with E-state index >= 15 is 0 Å². The van der Waals surface area contributed by atoms with Gasteiger partial charge in [-0.2, -0.15) is 0 Å². The van der Waals surface area contributed by atoms with Gasteiger partial charge in [0, 0.05) is 12.2 Å². The molecule has 0 saturated carbocycles. The molecule has 2 amide bonds. The van der Waals surface area contributed by atoms with E-state index in [0.717, 1.165) is 11.3 Å². The Balaban J connectivity index is 2.14. The Hall–Kier alpha value is -2.14. The van der Waals surface area contributed by atoms with Crippen molar-refractivity contribution in [3.05, 3.63) is 42.5 Å². The molecule has 1 aromatic carbocycles. The van der Waals surface area contributed by atoms with Crippen LogP contribution >= 0.6 is 0 Å². The van der Waals surface area contributed by atoms with Gasteiger partial charge in [-0.25, -0.2) is 0 Å². The van der Waals surface area contributed by atoms with E-state index < -0.39 is 6.04 Å². The number of carbonyl (C=O) groups excluding carboxylic acids is 2. The maximum absolute atomic E-state index is 12.5. The number of morpholine rings is 1. The van der Waals surface area contributed by atoms with Crippen LogP contribution in [0.2, 0.25) is 0 Å². The summed E-state index contributed by atoms with van der Waals surface area (Å²) in [6.45, 7) is 10.9. The van der Waals surface area contributed by atoms with E-state index in [-0.39, 0.29) is 23.8 Å². The van der Waals surface area contributed by atoms with Crippen molar-refractivity contribution in [2.75, 3.05) is 25.1 Å². The maximum atomic E-state index is 12.5. The van der Waals surface area contributed by atoms with Crippen molar-refractivity contribution in [2.24, 2.45) is 0 Å². The smallest absolute Gasteiger partial charge is 0.249 e. The number of nitrogens with zero attached hydrogens (tertiary/aromatic N) is 1. The van der Waals surface area contributed by atoms with Crippen LogP contribution in [0.3, 0.4) is 0 Å². The van der Waals surface area contributed by atoms with Gasteiger partial charge in [0.1, 0.15) is 6.04 Å². The molecule has 0 aliphatic carbocycles. The highest BCUT2D eigenvalue weighted by molar-refractivity contribution is 5.99. The summed E-state index contributed by atoms with van der Waals surface area (Å²) in [5.74, 6) is -0.497. The Bertz CT molecular complexity index is 605. The Labute approximate surface area is 137 Å². The SMILES string of the molecule is C=CC(=O)N1CCOC[C@H]1C(=O)Nc1cccc(C(C)(C)C)c1. The van der Waals surface area contributed by atoms with E-state index in [2.05, 4.69) is 32.7 Å². The van der Waals surface area contributed by atoms with Crippen LogP contribution in [0, 0.1) is 0 Å². The third-order valence-corrected chi connectivity index (χ3v) is 3.88. The second-order valence-corrected chi connectivity index (χ2v) is 6.65. The highest BCUT2D eigenvalue weighted by Crippen LogP contribution is 2.24. The Morgan fingerprint density at radius 1 is 1.39 bits per heavy atom. The lowest BCUT2D eigenvalue weighted by Gasteiger charge is -2.33. The van der Waals surface area contributed by atoms with Crippen molar-refractivity contribution in [3.63, 3.8) is 0 Å². The predicted octanol–water partition coefficient (Wildman–Crippen LogP) is 2.34. The molecule has 0 unspecified atom stereocenters. The van der Waals surface area contributed by atoms with E-state index in [1.54, 1.807) is 0 Å². The number of amides is 2. The maximum Gasteiger partial charge on any atom is 0.249 e. The summed E-state index contributed by atoms with van der Waals surface area (Å²) < 4.78 is 5.35. The second kappa shape index (κ2) is 6.96. The number of nitrogens with one attached hydrogen (secondary N) is 1. The lowest BCUT2D eigenvalue weighted by atomic mass is 9.87. The average Bonchev–Trinajstić information content (AvgIpc) is 2.53. The monoisotopic (exact) mass is 316 g/mol. The number of benzene rings is 1. The first-order valence-corrected chi connectivity index (χ1v) is 7.75. The third-order valence-electron chi connectivity index (χ3n) is 3.88. The van der Waals surface area contributed by atoms with Gasteiger partial charge in [0.05, 0.1) is 13.2 Å². The number of hydrogen-bond donors (Lipinski definition) is 1. The van der Waals surface area contributed by atoms with E-state index in [1.807, 2.05) is 24.3 Å². The minimum absolute atomic E-state index is 0.000468. The standard InChI is InChI=1S/C18H24N2O3/c1-5-16(21)20-9-10-23-12-15(20)17(22)19-14-8-6-7-13(11-14)18(2,3)4/h5-8,11,15H,1,9-10,12H2,2-4H3,(H,19,22)/t15-/m0/s1. The van der Waals surface area contributed by atoms with Crippen molar-refractivity contribution in [2.45, 2.75) is 32.2 Å². The molecule has 5 nitrogen and oxygen atoms in total. The first-order valence-electron chi connectivity index (χ1n) is 7.75. The van der Waals surface area contributed by atoms with E-state index in [4.69, 9.17) is 4.74 Å². The minimum Gasteiger partial charge on any atom is -0.377 e. The number of ether oxygens (including phenoxy) is 1. The Morgan fingerprint density at radius 2 is 2.13 bits per heavy atom. The molecule has 1 aliphatic heterocycles. The first-order chi connectivity index (χ1) is 10.8. The molecule has 124 valence electrons. The summed E-state index contributed by atoms with van der Waals surface area (Å²) >= 11 is 0. The summed E-state index contributed by atoms with van der Waals surface area (Å²) in [5, 5.41) is 2.89. The van der Waals surface area contributed by atoms with Crippen LogP contribution in [-0.4, -0.2) is 42.5 Å². The molecule has 23 heavy (non-hydrogen) atoms. The molecule has 1 aromatic rings. The normalized spacial score (nSPS) is 18.4. The van der Waals surface area contributed by atoms with Gasteiger partial charge in [-0.3, -0.25) is 9.59 Å². The molecular weight excluding hydrogens is 292 g/mol. The first kappa shape index (κ1) is 17.2. The molecule has 0 bridgehead atoms. The fourth-order valence-corrected chi connectivity index (χ4v) is 2.49. The second-order valence-electron chi connectivity index (χ2n) is 6.65. The quantitative estimate of drug-likeness (QED) is 0.871. The van der Waals surface area contributed by atoms with Crippen molar-refractivity contribution in [1.29, 1.82) is 0 Å². The number of rotatable bonds is 3.